The number of carbonyl (C=O) groups is 2. The van der Waals surface area contributed by atoms with E-state index in [0.29, 0.717) is 30.8 Å². The second-order valence-electron chi connectivity index (χ2n) is 7.60. The molecule has 0 saturated heterocycles. The minimum Gasteiger partial charge on any atom is -0.354 e. The molecule has 2 aromatic carbocycles. The molecule has 168 valence electrons. The van der Waals surface area contributed by atoms with Gasteiger partial charge in [-0.25, -0.2) is 4.39 Å². The van der Waals surface area contributed by atoms with Gasteiger partial charge in [0.05, 0.1) is 5.75 Å². The molecule has 0 aliphatic rings. The SMILES string of the molecule is CCCCNC(=O)C(CC)N(Cc1ccccc1C)C(=O)CSCc1ccccc1F. The number of hydrogen-bond acceptors (Lipinski definition) is 3. The molecule has 0 heterocycles. The van der Waals surface area contributed by atoms with Gasteiger partial charge in [0.15, 0.2) is 0 Å². The van der Waals surface area contributed by atoms with E-state index in [9.17, 15) is 14.0 Å². The van der Waals surface area contributed by atoms with Crippen molar-refractivity contribution in [2.75, 3.05) is 12.3 Å². The Morgan fingerprint density at radius 3 is 2.39 bits per heavy atom. The number of thioether (sulfide) groups is 1. The van der Waals surface area contributed by atoms with Crippen LogP contribution >= 0.6 is 11.8 Å². The van der Waals surface area contributed by atoms with E-state index in [1.165, 1.54) is 17.8 Å². The molecule has 0 bridgehead atoms. The summed E-state index contributed by atoms with van der Waals surface area (Å²) in [7, 11) is 0. The van der Waals surface area contributed by atoms with E-state index in [4.69, 9.17) is 0 Å². The van der Waals surface area contributed by atoms with Gasteiger partial charge < -0.3 is 10.2 Å². The van der Waals surface area contributed by atoms with Crippen LogP contribution in [-0.4, -0.2) is 35.1 Å². The predicted octanol–water partition coefficient (Wildman–Crippen LogP) is 5.09. The van der Waals surface area contributed by atoms with Gasteiger partial charge in [-0.05, 0) is 42.5 Å². The van der Waals surface area contributed by atoms with Crippen LogP contribution in [0.4, 0.5) is 4.39 Å². The first-order valence-electron chi connectivity index (χ1n) is 10.9. The van der Waals surface area contributed by atoms with E-state index in [1.807, 2.05) is 38.1 Å². The van der Waals surface area contributed by atoms with Gasteiger partial charge in [0.2, 0.25) is 11.8 Å². The lowest BCUT2D eigenvalue weighted by Gasteiger charge is -2.31. The van der Waals surface area contributed by atoms with Crippen molar-refractivity contribution >= 4 is 23.6 Å². The first-order valence-corrected chi connectivity index (χ1v) is 12.1. The van der Waals surface area contributed by atoms with E-state index < -0.39 is 6.04 Å². The quantitative estimate of drug-likeness (QED) is 0.464. The molecule has 2 rings (SSSR count). The highest BCUT2D eigenvalue weighted by molar-refractivity contribution is 7.99. The van der Waals surface area contributed by atoms with E-state index in [-0.39, 0.29) is 23.4 Å². The fraction of sp³-hybridized carbons (Fsp3) is 0.440. The number of aryl methyl sites for hydroxylation is 1. The maximum Gasteiger partial charge on any atom is 0.242 e. The van der Waals surface area contributed by atoms with Gasteiger partial charge in [0.25, 0.3) is 0 Å². The first kappa shape index (κ1) is 24.9. The first-order chi connectivity index (χ1) is 15.0. The van der Waals surface area contributed by atoms with Crippen molar-refractivity contribution in [3.05, 3.63) is 71.0 Å². The molecule has 0 radical (unpaired) electrons. The third kappa shape index (κ3) is 7.69. The molecule has 1 N–H and O–H groups in total. The molecule has 2 aromatic rings. The van der Waals surface area contributed by atoms with Crippen LogP contribution in [0.1, 0.15) is 49.8 Å². The lowest BCUT2D eigenvalue weighted by molar-refractivity contribution is -0.139. The third-order valence-electron chi connectivity index (χ3n) is 5.26. The van der Waals surface area contributed by atoms with Crippen LogP contribution in [0.3, 0.4) is 0 Å². The van der Waals surface area contributed by atoms with Gasteiger partial charge >= 0.3 is 0 Å². The maximum absolute atomic E-state index is 13.9. The summed E-state index contributed by atoms with van der Waals surface area (Å²) in [5.74, 6) is 0.120. The zero-order valence-electron chi connectivity index (χ0n) is 18.7. The van der Waals surface area contributed by atoms with Crippen molar-refractivity contribution < 1.29 is 14.0 Å². The average Bonchev–Trinajstić information content (AvgIpc) is 2.76. The standard InChI is InChI=1S/C25H33FN2O2S/c1-4-6-15-27-25(30)23(5-2)28(16-20-12-8-7-11-19(20)3)24(29)18-31-17-21-13-9-10-14-22(21)26/h7-14,23H,4-6,15-18H2,1-3H3,(H,27,30). The highest BCUT2D eigenvalue weighted by atomic mass is 32.2. The maximum atomic E-state index is 13.9. The van der Waals surface area contributed by atoms with Crippen molar-refractivity contribution in [1.82, 2.24) is 10.2 Å². The lowest BCUT2D eigenvalue weighted by atomic mass is 10.1. The highest BCUT2D eigenvalue weighted by Gasteiger charge is 2.28. The van der Waals surface area contributed by atoms with Crippen LogP contribution < -0.4 is 5.32 Å². The zero-order chi connectivity index (χ0) is 22.6. The van der Waals surface area contributed by atoms with Gasteiger partial charge in [-0.1, -0.05) is 62.7 Å². The van der Waals surface area contributed by atoms with Crippen molar-refractivity contribution in [3.8, 4) is 0 Å². The number of carbonyl (C=O) groups excluding carboxylic acids is 2. The van der Waals surface area contributed by atoms with Crippen molar-refractivity contribution in [2.24, 2.45) is 0 Å². The van der Waals surface area contributed by atoms with Gasteiger partial charge in [0, 0.05) is 18.8 Å². The van der Waals surface area contributed by atoms with Gasteiger partial charge in [-0.3, -0.25) is 9.59 Å². The Hall–Kier alpha value is -2.34. The highest BCUT2D eigenvalue weighted by Crippen LogP contribution is 2.19. The largest absolute Gasteiger partial charge is 0.354 e. The molecule has 0 saturated carbocycles. The Morgan fingerprint density at radius 2 is 1.74 bits per heavy atom. The molecule has 0 fully saturated rings. The molecule has 0 aliphatic carbocycles. The van der Waals surface area contributed by atoms with Crippen molar-refractivity contribution in [3.63, 3.8) is 0 Å². The summed E-state index contributed by atoms with van der Waals surface area (Å²) in [6, 6.07) is 14.0. The predicted molar refractivity (Wildman–Crippen MR) is 126 cm³/mol. The number of unbranched alkanes of at least 4 members (excludes halogenated alkanes) is 1. The molecule has 6 heteroatoms. The molecule has 1 unspecified atom stereocenters. The topological polar surface area (TPSA) is 49.4 Å². The van der Waals surface area contributed by atoms with Crippen LogP contribution in [0.25, 0.3) is 0 Å². The fourth-order valence-corrected chi connectivity index (χ4v) is 4.24. The Kier molecular flexibility index (Phi) is 10.6. The molecular weight excluding hydrogens is 411 g/mol. The van der Waals surface area contributed by atoms with Crippen LogP contribution in [0.15, 0.2) is 48.5 Å². The van der Waals surface area contributed by atoms with Crippen molar-refractivity contribution in [2.45, 2.75) is 58.4 Å². The minimum absolute atomic E-state index is 0.109. The number of halogens is 1. The summed E-state index contributed by atoms with van der Waals surface area (Å²) in [4.78, 5) is 27.7. The number of nitrogens with one attached hydrogen (secondary N) is 1. The van der Waals surface area contributed by atoms with E-state index in [2.05, 4.69) is 12.2 Å². The number of hydrogen-bond donors (Lipinski definition) is 1. The Morgan fingerprint density at radius 1 is 1.06 bits per heavy atom. The summed E-state index contributed by atoms with van der Waals surface area (Å²) in [6.07, 6.45) is 2.44. The number of amides is 2. The summed E-state index contributed by atoms with van der Waals surface area (Å²) in [5.41, 5.74) is 2.69. The van der Waals surface area contributed by atoms with Gasteiger partial charge in [-0.15, -0.1) is 11.8 Å². The number of benzene rings is 2. The number of rotatable bonds is 12. The van der Waals surface area contributed by atoms with Crippen molar-refractivity contribution in [1.29, 1.82) is 0 Å². The van der Waals surface area contributed by atoms with Gasteiger partial charge in [0.1, 0.15) is 11.9 Å². The molecule has 31 heavy (non-hydrogen) atoms. The van der Waals surface area contributed by atoms with Crippen LogP contribution in [0.2, 0.25) is 0 Å². The van der Waals surface area contributed by atoms with E-state index in [1.54, 1.807) is 23.1 Å². The Balaban J connectivity index is 2.13. The van der Waals surface area contributed by atoms with E-state index in [0.717, 1.165) is 24.0 Å². The normalized spacial score (nSPS) is 11.7. The molecule has 0 aromatic heterocycles. The molecule has 0 spiro atoms. The monoisotopic (exact) mass is 444 g/mol. The minimum atomic E-state index is -0.530. The third-order valence-corrected chi connectivity index (χ3v) is 6.22. The molecule has 4 nitrogen and oxygen atoms in total. The average molecular weight is 445 g/mol. The molecule has 0 aliphatic heterocycles. The molecule has 2 amide bonds. The molecule has 1 atom stereocenters. The zero-order valence-corrected chi connectivity index (χ0v) is 19.5. The summed E-state index contributed by atoms with van der Waals surface area (Å²) < 4.78 is 13.9. The summed E-state index contributed by atoms with van der Waals surface area (Å²) >= 11 is 1.37. The summed E-state index contributed by atoms with van der Waals surface area (Å²) in [5, 5.41) is 2.97. The van der Waals surface area contributed by atoms with Gasteiger partial charge in [-0.2, -0.15) is 0 Å². The van der Waals surface area contributed by atoms with Crippen LogP contribution in [0, 0.1) is 12.7 Å². The summed E-state index contributed by atoms with van der Waals surface area (Å²) in [6.45, 7) is 7.00. The smallest absolute Gasteiger partial charge is 0.242 e. The second kappa shape index (κ2) is 13.2. The Bertz CT molecular complexity index is 859. The fourth-order valence-electron chi connectivity index (χ4n) is 3.34. The Labute approximate surface area is 189 Å². The van der Waals surface area contributed by atoms with Crippen LogP contribution in [0.5, 0.6) is 0 Å². The van der Waals surface area contributed by atoms with E-state index >= 15 is 0 Å². The lowest BCUT2D eigenvalue weighted by Crippen LogP contribution is -2.49. The molecular formula is C25H33FN2O2S. The van der Waals surface area contributed by atoms with Crippen LogP contribution in [-0.2, 0) is 21.9 Å². The number of nitrogens with zero attached hydrogens (tertiary/aromatic N) is 1. The second-order valence-corrected chi connectivity index (χ2v) is 8.59.